The number of rotatable bonds is 7. The van der Waals surface area contributed by atoms with Crippen molar-refractivity contribution < 1.29 is 4.39 Å². The van der Waals surface area contributed by atoms with E-state index in [1.165, 1.54) is 46.0 Å². The normalized spacial score (nSPS) is 20.0. The minimum atomic E-state index is -1.48. The lowest BCUT2D eigenvalue weighted by Gasteiger charge is -2.36. The molecule has 0 aromatic rings. The number of piperazine rings is 1. The SMILES string of the molecule is C=C(C)NC1CCCCC1.C=C/C(=C\C=C(/N)C(C)(C)F)N1CCN(CC)CC1. The number of hydrogen-bond acceptors (Lipinski definition) is 4. The summed E-state index contributed by atoms with van der Waals surface area (Å²) in [5.74, 6) is 0. The van der Waals surface area contributed by atoms with Gasteiger partial charge in [0.05, 0.1) is 0 Å². The summed E-state index contributed by atoms with van der Waals surface area (Å²) in [7, 11) is 0. The molecule has 0 atom stereocenters. The monoisotopic (exact) mass is 406 g/mol. The zero-order chi connectivity index (χ0) is 21.9. The van der Waals surface area contributed by atoms with Gasteiger partial charge in [-0.25, -0.2) is 4.39 Å². The Bertz CT molecular complexity index is 560. The van der Waals surface area contributed by atoms with Gasteiger partial charge in [-0.1, -0.05) is 39.3 Å². The van der Waals surface area contributed by atoms with E-state index in [-0.39, 0.29) is 5.70 Å². The second-order valence-corrected chi connectivity index (χ2v) is 8.57. The summed E-state index contributed by atoms with van der Waals surface area (Å²) in [5, 5.41) is 3.39. The summed E-state index contributed by atoms with van der Waals surface area (Å²) >= 11 is 0. The number of halogens is 1. The molecule has 2 rings (SSSR count). The molecule has 1 heterocycles. The van der Waals surface area contributed by atoms with Gasteiger partial charge in [0.2, 0.25) is 0 Å². The highest BCUT2D eigenvalue weighted by Crippen LogP contribution is 2.18. The molecule has 3 N–H and O–H groups in total. The van der Waals surface area contributed by atoms with Gasteiger partial charge in [-0.3, -0.25) is 0 Å². The number of nitrogens with one attached hydrogen (secondary N) is 1. The van der Waals surface area contributed by atoms with E-state index in [2.05, 4.69) is 35.2 Å². The number of alkyl halides is 1. The van der Waals surface area contributed by atoms with E-state index < -0.39 is 5.67 Å². The molecular weight excluding hydrogens is 363 g/mol. The van der Waals surface area contributed by atoms with E-state index >= 15 is 0 Å². The first-order chi connectivity index (χ1) is 13.7. The molecule has 1 aliphatic heterocycles. The molecule has 0 bridgehead atoms. The molecule has 0 spiro atoms. The van der Waals surface area contributed by atoms with Crippen molar-refractivity contribution in [2.45, 2.75) is 71.5 Å². The van der Waals surface area contributed by atoms with Crippen molar-refractivity contribution in [2.24, 2.45) is 5.73 Å². The predicted octanol–water partition coefficient (Wildman–Crippen LogP) is 4.73. The van der Waals surface area contributed by atoms with Crippen LogP contribution in [0.25, 0.3) is 0 Å². The molecule has 1 aliphatic carbocycles. The zero-order valence-electron chi connectivity index (χ0n) is 19.1. The molecule has 4 nitrogen and oxygen atoms in total. The van der Waals surface area contributed by atoms with Gasteiger partial charge in [-0.15, -0.1) is 0 Å². The van der Waals surface area contributed by atoms with E-state index in [1.54, 1.807) is 12.2 Å². The first kappa shape index (κ1) is 25.3. The van der Waals surface area contributed by atoms with Crippen LogP contribution in [0.15, 0.2) is 48.5 Å². The Kier molecular flexibility index (Phi) is 11.1. The quantitative estimate of drug-likeness (QED) is 0.600. The summed E-state index contributed by atoms with van der Waals surface area (Å²) in [6, 6.07) is 0.728. The van der Waals surface area contributed by atoms with Gasteiger partial charge in [0.25, 0.3) is 0 Å². The average Bonchev–Trinajstić information content (AvgIpc) is 2.69. The van der Waals surface area contributed by atoms with Crippen molar-refractivity contribution in [1.82, 2.24) is 15.1 Å². The second kappa shape index (κ2) is 12.7. The third kappa shape index (κ3) is 10.0. The first-order valence-corrected chi connectivity index (χ1v) is 11.1. The molecule has 0 unspecified atom stereocenters. The fourth-order valence-corrected chi connectivity index (χ4v) is 3.59. The van der Waals surface area contributed by atoms with Crippen LogP contribution in [-0.2, 0) is 0 Å². The third-order valence-electron chi connectivity index (χ3n) is 5.57. The van der Waals surface area contributed by atoms with Crippen LogP contribution in [0.3, 0.4) is 0 Å². The zero-order valence-corrected chi connectivity index (χ0v) is 19.1. The second-order valence-electron chi connectivity index (χ2n) is 8.57. The number of nitrogens with two attached hydrogens (primary N) is 1. The Labute approximate surface area is 178 Å². The first-order valence-electron chi connectivity index (χ1n) is 11.1. The van der Waals surface area contributed by atoms with Gasteiger partial charge >= 0.3 is 0 Å². The standard InChI is InChI=1S/C15H26FN3.C9H17N/c1-5-13(7-8-14(17)15(3,4)16)19-11-9-18(6-2)10-12-19;1-8(2)10-9-6-4-3-5-7-9/h5,7-8H,1,6,9-12,17H2,2-4H3;9-10H,1,3-7H2,2H3/b13-7+,14-8-;. The van der Waals surface area contributed by atoms with E-state index in [9.17, 15) is 4.39 Å². The number of nitrogens with zero attached hydrogens (tertiary/aromatic N) is 2. The van der Waals surface area contributed by atoms with Gasteiger partial charge in [0.1, 0.15) is 5.67 Å². The Morgan fingerprint density at radius 3 is 2.17 bits per heavy atom. The van der Waals surface area contributed by atoms with Gasteiger partial charge < -0.3 is 20.9 Å². The van der Waals surface area contributed by atoms with Crippen LogP contribution in [0.5, 0.6) is 0 Å². The van der Waals surface area contributed by atoms with E-state index in [1.807, 2.05) is 13.0 Å². The largest absolute Gasteiger partial charge is 0.399 e. The fourth-order valence-electron chi connectivity index (χ4n) is 3.59. The van der Waals surface area contributed by atoms with Gasteiger partial charge in [-0.05, 0) is 58.4 Å². The number of allylic oxidation sites excluding steroid dienone is 5. The third-order valence-corrected chi connectivity index (χ3v) is 5.57. The van der Waals surface area contributed by atoms with E-state index in [0.717, 1.165) is 50.2 Å². The lowest BCUT2D eigenvalue weighted by molar-refractivity contribution is 0.168. The maximum Gasteiger partial charge on any atom is 0.144 e. The van der Waals surface area contributed by atoms with Crippen LogP contribution >= 0.6 is 0 Å². The Hall–Kier alpha value is -1.75. The lowest BCUT2D eigenvalue weighted by Crippen LogP contribution is -2.45. The molecule has 1 saturated heterocycles. The molecule has 0 radical (unpaired) electrons. The molecule has 2 aliphatic rings. The number of hydrogen-bond donors (Lipinski definition) is 2. The molecule has 0 aromatic heterocycles. The molecule has 1 saturated carbocycles. The van der Waals surface area contributed by atoms with E-state index in [4.69, 9.17) is 5.73 Å². The minimum absolute atomic E-state index is 0.235. The molecule has 2 fully saturated rings. The topological polar surface area (TPSA) is 44.5 Å². The maximum absolute atomic E-state index is 13.6. The number of likely N-dealkylation sites (N-methyl/N-ethyl adjacent to an activating group) is 1. The van der Waals surface area contributed by atoms with Crippen LogP contribution < -0.4 is 11.1 Å². The highest BCUT2D eigenvalue weighted by Gasteiger charge is 2.19. The van der Waals surface area contributed by atoms with Gasteiger partial charge in [0, 0.05) is 49.3 Å². The van der Waals surface area contributed by atoms with Crippen LogP contribution in [0.2, 0.25) is 0 Å². The van der Waals surface area contributed by atoms with Crippen molar-refractivity contribution in [2.75, 3.05) is 32.7 Å². The predicted molar refractivity (Wildman–Crippen MR) is 124 cm³/mol. The molecule has 166 valence electrons. The molecule has 5 heteroatoms. The van der Waals surface area contributed by atoms with Crippen LogP contribution in [0, 0.1) is 0 Å². The highest BCUT2D eigenvalue weighted by molar-refractivity contribution is 5.26. The summed E-state index contributed by atoms with van der Waals surface area (Å²) in [5.41, 5.74) is 6.58. The molecule has 29 heavy (non-hydrogen) atoms. The Balaban J connectivity index is 0.000000352. The van der Waals surface area contributed by atoms with Crippen molar-refractivity contribution >= 4 is 0 Å². The van der Waals surface area contributed by atoms with Crippen molar-refractivity contribution in [3.8, 4) is 0 Å². The van der Waals surface area contributed by atoms with Crippen molar-refractivity contribution in [3.63, 3.8) is 0 Å². The van der Waals surface area contributed by atoms with Crippen molar-refractivity contribution in [3.05, 3.63) is 48.5 Å². The van der Waals surface area contributed by atoms with Gasteiger partial charge in [-0.2, -0.15) is 0 Å². The summed E-state index contributed by atoms with van der Waals surface area (Å²) < 4.78 is 13.6. The molecule has 0 aromatic carbocycles. The smallest absolute Gasteiger partial charge is 0.144 e. The average molecular weight is 407 g/mol. The van der Waals surface area contributed by atoms with Crippen LogP contribution in [0.4, 0.5) is 4.39 Å². The minimum Gasteiger partial charge on any atom is -0.399 e. The summed E-state index contributed by atoms with van der Waals surface area (Å²) in [6.45, 7) is 19.9. The van der Waals surface area contributed by atoms with Crippen LogP contribution in [0.1, 0.15) is 59.8 Å². The Morgan fingerprint density at radius 2 is 1.72 bits per heavy atom. The van der Waals surface area contributed by atoms with E-state index in [0.29, 0.717) is 0 Å². The molecular formula is C24H43FN4. The molecule has 0 amide bonds. The summed E-state index contributed by atoms with van der Waals surface area (Å²) in [4.78, 5) is 4.67. The van der Waals surface area contributed by atoms with Gasteiger partial charge in [0.15, 0.2) is 0 Å². The summed E-state index contributed by atoms with van der Waals surface area (Å²) in [6.07, 6.45) is 12.2. The Morgan fingerprint density at radius 1 is 1.14 bits per heavy atom. The maximum atomic E-state index is 13.6. The van der Waals surface area contributed by atoms with Crippen LogP contribution in [-0.4, -0.2) is 54.2 Å². The lowest BCUT2D eigenvalue weighted by atomic mass is 9.95. The highest BCUT2D eigenvalue weighted by atomic mass is 19.1. The van der Waals surface area contributed by atoms with Crippen molar-refractivity contribution in [1.29, 1.82) is 0 Å². The fraction of sp³-hybridized carbons (Fsp3) is 0.667.